The lowest BCUT2D eigenvalue weighted by Gasteiger charge is -2.52. The van der Waals surface area contributed by atoms with Gasteiger partial charge in [-0.25, -0.2) is 4.39 Å². The van der Waals surface area contributed by atoms with Crippen LogP contribution in [0.15, 0.2) is 0 Å². The molecular formula is C10H9F11O2. The summed E-state index contributed by atoms with van der Waals surface area (Å²) in [6, 6.07) is 0. The molecule has 0 N–H and O–H groups in total. The van der Waals surface area contributed by atoms with E-state index in [0.717, 1.165) is 14.0 Å². The molecule has 1 rings (SSSR count). The largest absolute Gasteiger partial charge is 0.384 e. The van der Waals surface area contributed by atoms with E-state index in [0.29, 0.717) is 0 Å². The summed E-state index contributed by atoms with van der Waals surface area (Å²) in [6.45, 7) is -1.95. The van der Waals surface area contributed by atoms with Crippen molar-refractivity contribution in [1.82, 2.24) is 0 Å². The first-order valence-electron chi connectivity index (χ1n) is 5.68. The van der Waals surface area contributed by atoms with Crippen LogP contribution >= 0.6 is 0 Å². The van der Waals surface area contributed by atoms with Crippen molar-refractivity contribution >= 4 is 0 Å². The van der Waals surface area contributed by atoms with Gasteiger partial charge >= 0.3 is 29.6 Å². The molecule has 2 nitrogen and oxygen atoms in total. The molecule has 1 atom stereocenters. The van der Waals surface area contributed by atoms with Crippen molar-refractivity contribution in [2.45, 2.75) is 48.5 Å². The van der Waals surface area contributed by atoms with E-state index in [-0.39, 0.29) is 0 Å². The Bertz CT molecular complexity index is 432. The van der Waals surface area contributed by atoms with Crippen molar-refractivity contribution in [3.63, 3.8) is 0 Å². The Hall–Kier alpha value is -0.850. The van der Waals surface area contributed by atoms with Gasteiger partial charge in [-0.05, 0) is 6.92 Å². The van der Waals surface area contributed by atoms with Crippen molar-refractivity contribution in [1.29, 1.82) is 0 Å². The Morgan fingerprint density at radius 2 is 0.957 bits per heavy atom. The summed E-state index contributed by atoms with van der Waals surface area (Å²) in [4.78, 5) is 0. The van der Waals surface area contributed by atoms with Gasteiger partial charge in [0.2, 0.25) is 0 Å². The van der Waals surface area contributed by atoms with Gasteiger partial charge in [-0.1, -0.05) is 0 Å². The molecule has 1 aliphatic carbocycles. The van der Waals surface area contributed by atoms with Crippen molar-refractivity contribution < 1.29 is 57.8 Å². The molecule has 0 heterocycles. The zero-order valence-corrected chi connectivity index (χ0v) is 11.3. The van der Waals surface area contributed by atoms with E-state index in [2.05, 4.69) is 9.47 Å². The van der Waals surface area contributed by atoms with Crippen LogP contribution < -0.4 is 0 Å². The Morgan fingerprint density at radius 3 is 1.26 bits per heavy atom. The van der Waals surface area contributed by atoms with Crippen LogP contribution in [0.5, 0.6) is 0 Å². The van der Waals surface area contributed by atoms with Crippen molar-refractivity contribution in [3.05, 3.63) is 0 Å². The van der Waals surface area contributed by atoms with Gasteiger partial charge in [0.1, 0.15) is 0 Å². The van der Waals surface area contributed by atoms with Crippen LogP contribution in [-0.2, 0) is 9.47 Å². The summed E-state index contributed by atoms with van der Waals surface area (Å²) in [7, 11) is 0.796. The van der Waals surface area contributed by atoms with Crippen LogP contribution in [0.4, 0.5) is 48.3 Å². The topological polar surface area (TPSA) is 18.5 Å². The molecule has 0 saturated heterocycles. The molecular weight excluding hydrogens is 361 g/mol. The second-order valence-corrected chi connectivity index (χ2v) is 4.79. The predicted octanol–water partition coefficient (Wildman–Crippen LogP) is 3.89. The highest BCUT2D eigenvalue weighted by Gasteiger charge is 3.01. The summed E-state index contributed by atoms with van der Waals surface area (Å²) in [5, 5.41) is 0. The van der Waals surface area contributed by atoms with E-state index in [4.69, 9.17) is 0 Å². The number of hydrogen-bond acceptors (Lipinski definition) is 2. The lowest BCUT2D eigenvalue weighted by Crippen LogP contribution is -2.84. The van der Waals surface area contributed by atoms with Gasteiger partial charge in [-0.3, -0.25) is 0 Å². The second-order valence-electron chi connectivity index (χ2n) is 4.79. The van der Waals surface area contributed by atoms with E-state index < -0.39 is 48.2 Å². The lowest BCUT2D eigenvalue weighted by atomic mass is 9.72. The number of hydrogen-bond donors (Lipinski definition) is 0. The zero-order chi connectivity index (χ0) is 18.7. The highest BCUT2D eigenvalue weighted by molar-refractivity contribution is 5.26. The van der Waals surface area contributed by atoms with Crippen LogP contribution in [0.25, 0.3) is 0 Å². The molecule has 13 heteroatoms. The van der Waals surface area contributed by atoms with Crippen LogP contribution in [-0.4, -0.2) is 55.3 Å². The van der Waals surface area contributed by atoms with Crippen molar-refractivity contribution in [3.8, 4) is 0 Å². The van der Waals surface area contributed by atoms with Gasteiger partial charge in [0, 0.05) is 7.11 Å². The SMILES string of the molecule is COC(C)OCC1(F)C(F)(F)C(F)(F)C(F)(F)C(F)(F)C1(F)F. The van der Waals surface area contributed by atoms with Crippen molar-refractivity contribution in [2.24, 2.45) is 0 Å². The lowest BCUT2D eigenvalue weighted by molar-refractivity contribution is -0.489. The van der Waals surface area contributed by atoms with Crippen LogP contribution in [0.1, 0.15) is 6.92 Å². The quantitative estimate of drug-likeness (QED) is 0.552. The first kappa shape index (κ1) is 20.2. The Kier molecular flexibility index (Phi) is 4.45. The fraction of sp³-hybridized carbons (Fsp3) is 1.00. The minimum atomic E-state index is -7.21. The average Bonchev–Trinajstić information content (AvgIpc) is 2.41. The maximum Gasteiger partial charge on any atom is 0.384 e. The monoisotopic (exact) mass is 370 g/mol. The molecule has 23 heavy (non-hydrogen) atoms. The molecule has 1 aliphatic rings. The fourth-order valence-electron chi connectivity index (χ4n) is 1.77. The van der Waals surface area contributed by atoms with Crippen LogP contribution in [0.2, 0.25) is 0 Å². The molecule has 1 saturated carbocycles. The summed E-state index contributed by atoms with van der Waals surface area (Å²) < 4.78 is 154. The third kappa shape index (κ3) is 2.07. The Labute approximate surface area is 121 Å². The fourth-order valence-corrected chi connectivity index (χ4v) is 1.77. The molecule has 0 radical (unpaired) electrons. The highest BCUT2D eigenvalue weighted by atomic mass is 19.4. The van der Waals surface area contributed by atoms with E-state index in [9.17, 15) is 48.3 Å². The maximum absolute atomic E-state index is 14.0. The van der Waals surface area contributed by atoms with Gasteiger partial charge in [0.25, 0.3) is 5.67 Å². The molecule has 0 amide bonds. The van der Waals surface area contributed by atoms with Gasteiger partial charge in [-0.2, -0.15) is 43.9 Å². The third-order valence-corrected chi connectivity index (χ3v) is 3.42. The smallest absolute Gasteiger partial charge is 0.356 e. The van der Waals surface area contributed by atoms with E-state index in [1.165, 1.54) is 0 Å². The van der Waals surface area contributed by atoms with Crippen LogP contribution in [0.3, 0.4) is 0 Å². The van der Waals surface area contributed by atoms with Gasteiger partial charge in [0.05, 0.1) is 6.61 Å². The third-order valence-electron chi connectivity index (χ3n) is 3.42. The highest BCUT2D eigenvalue weighted by Crippen LogP contribution is 2.69. The van der Waals surface area contributed by atoms with Gasteiger partial charge in [-0.15, -0.1) is 0 Å². The normalized spacial score (nSPS) is 30.7. The summed E-state index contributed by atoms with van der Waals surface area (Å²) in [5.41, 5.74) is -6.12. The Morgan fingerprint density at radius 1 is 0.652 bits per heavy atom. The van der Waals surface area contributed by atoms with E-state index in [1.807, 2.05) is 0 Å². The molecule has 0 aliphatic heterocycles. The first-order valence-corrected chi connectivity index (χ1v) is 5.68. The predicted molar refractivity (Wildman–Crippen MR) is 51.0 cm³/mol. The molecule has 0 aromatic heterocycles. The second kappa shape index (κ2) is 5.07. The summed E-state index contributed by atoms with van der Waals surface area (Å²) >= 11 is 0. The Balaban J connectivity index is 3.55. The minimum absolute atomic E-state index is 0.796. The van der Waals surface area contributed by atoms with Crippen molar-refractivity contribution in [2.75, 3.05) is 13.7 Å². The number of rotatable bonds is 4. The standard InChI is InChI=1S/C10H9F11O2/c1-4(22-2)23-3-5(11)6(12,13)8(16,17)10(20,21)9(18,19)7(5,14)15/h4H,3H2,1-2H3. The summed E-state index contributed by atoms with van der Waals surface area (Å²) in [5.74, 6) is -35.2. The van der Waals surface area contributed by atoms with E-state index >= 15 is 0 Å². The molecule has 0 bridgehead atoms. The first-order chi connectivity index (χ1) is 9.95. The van der Waals surface area contributed by atoms with Gasteiger partial charge in [0.15, 0.2) is 6.29 Å². The number of methoxy groups -OCH3 is 1. The number of alkyl halides is 11. The number of ether oxygens (including phenoxy) is 2. The van der Waals surface area contributed by atoms with E-state index in [1.54, 1.807) is 0 Å². The summed E-state index contributed by atoms with van der Waals surface area (Å²) in [6.07, 6.45) is -1.75. The molecule has 1 fully saturated rings. The average molecular weight is 370 g/mol. The maximum atomic E-state index is 14.0. The minimum Gasteiger partial charge on any atom is -0.356 e. The molecule has 0 aromatic rings. The number of halogens is 11. The molecule has 1 unspecified atom stereocenters. The van der Waals surface area contributed by atoms with Crippen LogP contribution in [0, 0.1) is 0 Å². The zero-order valence-electron chi connectivity index (χ0n) is 11.3. The van der Waals surface area contributed by atoms with Gasteiger partial charge < -0.3 is 9.47 Å². The molecule has 138 valence electrons. The molecule has 0 spiro atoms. The molecule has 0 aromatic carbocycles.